The van der Waals surface area contributed by atoms with Gasteiger partial charge in [0.05, 0.1) is 17.4 Å². The van der Waals surface area contributed by atoms with Crippen LogP contribution in [0.25, 0.3) is 0 Å². The number of nitrogens with zero attached hydrogens (tertiary/aromatic N) is 2. The second-order valence-corrected chi connectivity index (χ2v) is 8.88. The van der Waals surface area contributed by atoms with E-state index in [1.165, 1.54) is 12.1 Å². The molecule has 0 aromatic heterocycles. The van der Waals surface area contributed by atoms with Crippen LogP contribution in [-0.2, 0) is 21.2 Å². The van der Waals surface area contributed by atoms with Gasteiger partial charge in [-0.2, -0.15) is 0 Å². The highest BCUT2D eigenvalue weighted by Crippen LogP contribution is 2.30. The zero-order valence-electron chi connectivity index (χ0n) is 15.0. The first-order chi connectivity index (χ1) is 12.9. The zero-order chi connectivity index (χ0) is 19.2. The van der Waals surface area contributed by atoms with Crippen molar-refractivity contribution in [3.8, 4) is 0 Å². The molecule has 1 saturated heterocycles. The number of sulfonamides is 1. The number of hydrogen-bond donors (Lipinski definition) is 0. The number of hydrogen-bond acceptors (Lipinski definition) is 4. The van der Waals surface area contributed by atoms with Gasteiger partial charge in [0.25, 0.3) is 5.91 Å². The summed E-state index contributed by atoms with van der Waals surface area (Å²) >= 11 is 0. The van der Waals surface area contributed by atoms with Gasteiger partial charge in [0, 0.05) is 17.8 Å². The first-order valence-corrected chi connectivity index (χ1v) is 10.6. The molecule has 0 radical (unpaired) electrons. The van der Waals surface area contributed by atoms with E-state index in [1.54, 1.807) is 24.0 Å². The van der Waals surface area contributed by atoms with E-state index in [0.29, 0.717) is 12.1 Å². The molecule has 2 aromatic carbocycles. The maximum atomic E-state index is 13.0. The summed E-state index contributed by atoms with van der Waals surface area (Å²) in [6.45, 7) is 2.25. The second-order valence-electron chi connectivity index (χ2n) is 7.02. The van der Waals surface area contributed by atoms with E-state index in [0.717, 1.165) is 28.4 Å². The van der Waals surface area contributed by atoms with Crippen LogP contribution in [0.2, 0.25) is 0 Å². The molecule has 2 heterocycles. The molecule has 6 nitrogen and oxygen atoms in total. The van der Waals surface area contributed by atoms with E-state index in [-0.39, 0.29) is 17.3 Å². The molecule has 140 valence electrons. The first-order valence-electron chi connectivity index (χ1n) is 8.95. The minimum atomic E-state index is -3.64. The van der Waals surface area contributed by atoms with Crippen LogP contribution in [0.15, 0.2) is 48.5 Å². The third-order valence-electron chi connectivity index (χ3n) is 5.06. The molecule has 0 N–H and O–H groups in total. The van der Waals surface area contributed by atoms with Crippen LogP contribution in [0.1, 0.15) is 29.3 Å². The Morgan fingerprint density at radius 3 is 2.44 bits per heavy atom. The van der Waals surface area contributed by atoms with Gasteiger partial charge in [0.2, 0.25) is 15.9 Å². The Morgan fingerprint density at radius 1 is 1.07 bits per heavy atom. The SMILES string of the molecule is C[C@H]1CS(=O)(=O)N(c2ccc(C(=O)N3CCCc4ccccc43)cc2)C1=O. The van der Waals surface area contributed by atoms with Crippen LogP contribution in [0.4, 0.5) is 11.4 Å². The molecule has 0 unspecified atom stereocenters. The van der Waals surface area contributed by atoms with Gasteiger partial charge in [0.1, 0.15) is 0 Å². The highest BCUT2D eigenvalue weighted by Gasteiger charge is 2.42. The molecule has 7 heteroatoms. The molecule has 0 aliphatic carbocycles. The molecule has 0 saturated carbocycles. The number of anilines is 2. The highest BCUT2D eigenvalue weighted by molar-refractivity contribution is 7.94. The smallest absolute Gasteiger partial charge is 0.258 e. The molecule has 1 fully saturated rings. The number of carbonyl (C=O) groups is 2. The van der Waals surface area contributed by atoms with Crippen LogP contribution in [0.3, 0.4) is 0 Å². The molecule has 2 amide bonds. The van der Waals surface area contributed by atoms with E-state index in [1.807, 2.05) is 24.3 Å². The van der Waals surface area contributed by atoms with E-state index in [4.69, 9.17) is 0 Å². The lowest BCUT2D eigenvalue weighted by atomic mass is 10.0. The Kier molecular flexibility index (Phi) is 4.26. The van der Waals surface area contributed by atoms with Crippen molar-refractivity contribution in [3.63, 3.8) is 0 Å². The van der Waals surface area contributed by atoms with Crippen molar-refractivity contribution in [2.24, 2.45) is 5.92 Å². The Morgan fingerprint density at radius 2 is 1.78 bits per heavy atom. The monoisotopic (exact) mass is 384 g/mol. The van der Waals surface area contributed by atoms with Gasteiger partial charge in [-0.3, -0.25) is 9.59 Å². The van der Waals surface area contributed by atoms with Crippen LogP contribution < -0.4 is 9.21 Å². The van der Waals surface area contributed by atoms with Crippen molar-refractivity contribution in [1.29, 1.82) is 0 Å². The molecular formula is C20H20N2O4S. The van der Waals surface area contributed by atoms with E-state index >= 15 is 0 Å². The van der Waals surface area contributed by atoms with Crippen molar-refractivity contribution >= 4 is 33.2 Å². The normalized spacial score (nSPS) is 21.2. The van der Waals surface area contributed by atoms with Crippen molar-refractivity contribution in [2.45, 2.75) is 19.8 Å². The number of benzene rings is 2. The number of carbonyl (C=O) groups excluding carboxylic acids is 2. The van der Waals surface area contributed by atoms with E-state index < -0.39 is 21.8 Å². The molecule has 0 bridgehead atoms. The average Bonchev–Trinajstić information content (AvgIpc) is 2.87. The van der Waals surface area contributed by atoms with Crippen molar-refractivity contribution in [1.82, 2.24) is 0 Å². The molecule has 4 rings (SSSR count). The number of rotatable bonds is 2. The fourth-order valence-electron chi connectivity index (χ4n) is 3.73. The van der Waals surface area contributed by atoms with Gasteiger partial charge in [-0.15, -0.1) is 0 Å². The summed E-state index contributed by atoms with van der Waals surface area (Å²) in [6.07, 6.45) is 1.85. The fourth-order valence-corrected chi connectivity index (χ4v) is 5.55. The number of fused-ring (bicyclic) bond motifs is 1. The minimum absolute atomic E-state index is 0.127. The Balaban J connectivity index is 1.62. The van der Waals surface area contributed by atoms with Gasteiger partial charge in [0.15, 0.2) is 0 Å². The van der Waals surface area contributed by atoms with Gasteiger partial charge in [-0.25, -0.2) is 12.7 Å². The molecule has 2 aromatic rings. The largest absolute Gasteiger partial charge is 0.308 e. The molecule has 0 spiro atoms. The molecule has 2 aliphatic heterocycles. The van der Waals surface area contributed by atoms with Crippen LogP contribution in [0.5, 0.6) is 0 Å². The van der Waals surface area contributed by atoms with Crippen molar-refractivity contribution in [2.75, 3.05) is 21.5 Å². The number of para-hydroxylation sites is 1. The van der Waals surface area contributed by atoms with Gasteiger partial charge < -0.3 is 4.90 Å². The third kappa shape index (κ3) is 3.02. The lowest BCUT2D eigenvalue weighted by Crippen LogP contribution is -2.35. The van der Waals surface area contributed by atoms with Crippen LogP contribution in [0, 0.1) is 5.92 Å². The van der Waals surface area contributed by atoms with Crippen LogP contribution in [-0.4, -0.2) is 32.5 Å². The summed E-state index contributed by atoms with van der Waals surface area (Å²) in [5, 5.41) is 0. The summed E-state index contributed by atoms with van der Waals surface area (Å²) < 4.78 is 25.3. The van der Waals surface area contributed by atoms with Gasteiger partial charge in [-0.05, 0) is 48.7 Å². The second kappa shape index (κ2) is 6.49. The van der Waals surface area contributed by atoms with Crippen molar-refractivity contribution in [3.05, 3.63) is 59.7 Å². The molecule has 2 aliphatic rings. The minimum Gasteiger partial charge on any atom is -0.308 e. The van der Waals surface area contributed by atoms with Gasteiger partial charge in [-0.1, -0.05) is 25.1 Å². The predicted molar refractivity (Wildman–Crippen MR) is 103 cm³/mol. The summed E-state index contributed by atoms with van der Waals surface area (Å²) in [5.74, 6) is -1.30. The Labute approximate surface area is 158 Å². The van der Waals surface area contributed by atoms with Crippen molar-refractivity contribution < 1.29 is 18.0 Å². The standard InChI is InChI=1S/C20H20N2O4S/c1-14-13-27(25,26)22(19(14)23)17-10-8-16(9-11-17)20(24)21-12-4-6-15-5-2-3-7-18(15)21/h2-3,5,7-11,14H,4,6,12-13H2,1H3/t14-/m0/s1. The van der Waals surface area contributed by atoms with Crippen LogP contribution >= 0.6 is 0 Å². The molecular weight excluding hydrogens is 364 g/mol. The molecule has 27 heavy (non-hydrogen) atoms. The summed E-state index contributed by atoms with van der Waals surface area (Å²) in [5.41, 5.74) is 2.81. The maximum Gasteiger partial charge on any atom is 0.258 e. The number of amides is 2. The summed E-state index contributed by atoms with van der Waals surface area (Å²) in [7, 11) is -3.64. The lowest BCUT2D eigenvalue weighted by Gasteiger charge is -2.29. The van der Waals surface area contributed by atoms with Gasteiger partial charge >= 0.3 is 0 Å². The summed E-state index contributed by atoms with van der Waals surface area (Å²) in [6, 6.07) is 14.1. The Hall–Kier alpha value is -2.67. The zero-order valence-corrected chi connectivity index (χ0v) is 15.8. The predicted octanol–water partition coefficient (Wildman–Crippen LogP) is 2.59. The maximum absolute atomic E-state index is 13.0. The number of aryl methyl sites for hydroxylation is 1. The first kappa shape index (κ1) is 17.7. The van der Waals surface area contributed by atoms with E-state index in [2.05, 4.69) is 0 Å². The quantitative estimate of drug-likeness (QED) is 0.798. The van der Waals surface area contributed by atoms with E-state index in [9.17, 15) is 18.0 Å². The third-order valence-corrected chi connectivity index (χ3v) is 6.93. The topological polar surface area (TPSA) is 74.8 Å². The summed E-state index contributed by atoms with van der Waals surface area (Å²) in [4.78, 5) is 26.9. The highest BCUT2D eigenvalue weighted by atomic mass is 32.2. The Bertz CT molecular complexity index is 1010. The fraction of sp³-hybridized carbons (Fsp3) is 0.300. The molecule has 1 atom stereocenters. The lowest BCUT2D eigenvalue weighted by molar-refractivity contribution is -0.119. The average molecular weight is 384 g/mol.